The van der Waals surface area contributed by atoms with E-state index in [0.29, 0.717) is 5.95 Å². The molecule has 1 N–H and O–H groups in total. The van der Waals surface area contributed by atoms with E-state index in [0.717, 1.165) is 0 Å². The molecule has 1 aromatic rings. The number of ether oxygens (including phenoxy) is 1. The molecule has 0 unspecified atom stereocenters. The Labute approximate surface area is 81.2 Å². The number of likely N-dealkylation sites (N-methyl/N-ethyl adjacent to an activating group) is 1. The van der Waals surface area contributed by atoms with Gasteiger partial charge in [0, 0.05) is 7.05 Å². The summed E-state index contributed by atoms with van der Waals surface area (Å²) in [6.07, 6.45) is 2.52. The number of hydrogen-bond acceptors (Lipinski definition) is 6. The van der Waals surface area contributed by atoms with Crippen molar-refractivity contribution in [2.24, 2.45) is 0 Å². The second kappa shape index (κ2) is 4.40. The lowest BCUT2D eigenvalue weighted by molar-refractivity contribution is -0.138. The van der Waals surface area contributed by atoms with Crippen LogP contribution in [0.25, 0.3) is 0 Å². The first-order valence-corrected chi connectivity index (χ1v) is 3.92. The molecule has 0 aliphatic rings. The molecule has 0 fully saturated rings. The van der Waals surface area contributed by atoms with Gasteiger partial charge in [-0.1, -0.05) is 0 Å². The van der Waals surface area contributed by atoms with Crippen LogP contribution in [0.1, 0.15) is 0 Å². The van der Waals surface area contributed by atoms with Crippen molar-refractivity contribution in [3.05, 3.63) is 12.4 Å². The maximum atomic E-state index is 10.9. The molecule has 0 aliphatic heterocycles. The Balaban J connectivity index is 2.65. The molecule has 0 bridgehead atoms. The fourth-order valence-electron chi connectivity index (χ4n) is 0.840. The average Bonchev–Trinajstić information content (AvgIpc) is 2.18. The second-order valence-electron chi connectivity index (χ2n) is 2.67. The molecule has 0 atom stereocenters. The minimum atomic E-state index is -0.371. The molecule has 0 aromatic carbocycles. The second-order valence-corrected chi connectivity index (χ2v) is 2.67. The molecule has 0 amide bonds. The lowest BCUT2D eigenvalue weighted by Gasteiger charge is -2.14. The molecule has 1 heterocycles. The van der Waals surface area contributed by atoms with Gasteiger partial charge < -0.3 is 14.7 Å². The minimum Gasteiger partial charge on any atom is -0.505 e. The van der Waals surface area contributed by atoms with Crippen LogP contribution in [0.2, 0.25) is 0 Å². The number of carbonyl (C=O) groups is 1. The van der Waals surface area contributed by atoms with Crippen LogP contribution >= 0.6 is 0 Å². The van der Waals surface area contributed by atoms with E-state index in [1.165, 1.54) is 24.4 Å². The zero-order valence-electron chi connectivity index (χ0n) is 7.97. The van der Waals surface area contributed by atoms with Crippen molar-refractivity contribution in [2.45, 2.75) is 0 Å². The van der Waals surface area contributed by atoms with Crippen LogP contribution in [0.4, 0.5) is 5.95 Å². The first kappa shape index (κ1) is 10.2. The summed E-state index contributed by atoms with van der Waals surface area (Å²) in [5, 5.41) is 8.93. The largest absolute Gasteiger partial charge is 0.505 e. The molecule has 0 spiro atoms. The van der Waals surface area contributed by atoms with Gasteiger partial charge in [0.2, 0.25) is 5.95 Å². The highest BCUT2D eigenvalue weighted by Gasteiger charge is 2.09. The Hall–Kier alpha value is -1.85. The summed E-state index contributed by atoms with van der Waals surface area (Å²) in [5.74, 6) is -0.0300. The predicted octanol–water partition coefficient (Wildman–Crippen LogP) is -0.209. The summed E-state index contributed by atoms with van der Waals surface area (Å²) in [4.78, 5) is 20.1. The van der Waals surface area contributed by atoms with E-state index in [-0.39, 0.29) is 18.3 Å². The standard InChI is InChI=1S/C8H11N3O3/c1-11(5-7(13)14-2)8-9-3-6(12)4-10-8/h3-4,12H,5H2,1-2H3. The van der Waals surface area contributed by atoms with Crippen molar-refractivity contribution in [1.29, 1.82) is 0 Å². The maximum Gasteiger partial charge on any atom is 0.325 e. The molecule has 6 nitrogen and oxygen atoms in total. The number of hydrogen-bond donors (Lipinski definition) is 1. The molecule has 6 heteroatoms. The summed E-state index contributed by atoms with van der Waals surface area (Å²) in [5.41, 5.74) is 0. The van der Waals surface area contributed by atoms with Gasteiger partial charge in [-0.15, -0.1) is 0 Å². The smallest absolute Gasteiger partial charge is 0.325 e. The third-order valence-corrected chi connectivity index (χ3v) is 1.56. The van der Waals surface area contributed by atoms with E-state index in [2.05, 4.69) is 14.7 Å². The van der Waals surface area contributed by atoms with Crippen molar-refractivity contribution in [2.75, 3.05) is 25.6 Å². The molecule has 0 saturated heterocycles. The van der Waals surface area contributed by atoms with Crippen LogP contribution < -0.4 is 4.90 Å². The van der Waals surface area contributed by atoms with Crippen molar-refractivity contribution in [1.82, 2.24) is 9.97 Å². The van der Waals surface area contributed by atoms with Crippen LogP contribution in [0.3, 0.4) is 0 Å². The fourth-order valence-corrected chi connectivity index (χ4v) is 0.840. The number of rotatable bonds is 3. The third-order valence-electron chi connectivity index (χ3n) is 1.56. The summed E-state index contributed by atoms with van der Waals surface area (Å²) >= 11 is 0. The van der Waals surface area contributed by atoms with Gasteiger partial charge in [-0.25, -0.2) is 9.97 Å². The highest BCUT2D eigenvalue weighted by Crippen LogP contribution is 2.08. The summed E-state index contributed by atoms with van der Waals surface area (Å²) in [6, 6.07) is 0. The SMILES string of the molecule is COC(=O)CN(C)c1ncc(O)cn1. The fraction of sp³-hybridized carbons (Fsp3) is 0.375. The van der Waals surface area contributed by atoms with Gasteiger partial charge in [0.05, 0.1) is 19.5 Å². The third kappa shape index (κ3) is 2.58. The molecule has 14 heavy (non-hydrogen) atoms. The Kier molecular flexibility index (Phi) is 3.22. The van der Waals surface area contributed by atoms with Crippen LogP contribution in [0, 0.1) is 0 Å². The van der Waals surface area contributed by atoms with Gasteiger partial charge in [0.1, 0.15) is 6.54 Å². The zero-order valence-corrected chi connectivity index (χ0v) is 7.97. The first-order valence-electron chi connectivity index (χ1n) is 3.92. The van der Waals surface area contributed by atoms with Crippen LogP contribution in [-0.4, -0.2) is 41.7 Å². The number of esters is 1. The summed E-state index contributed by atoms with van der Waals surface area (Å²) in [7, 11) is 2.97. The van der Waals surface area contributed by atoms with Gasteiger partial charge in [-0.05, 0) is 0 Å². The highest BCUT2D eigenvalue weighted by atomic mass is 16.5. The lowest BCUT2D eigenvalue weighted by atomic mass is 10.5. The van der Waals surface area contributed by atoms with Gasteiger partial charge in [0.15, 0.2) is 5.75 Å². The molecule has 76 valence electrons. The minimum absolute atomic E-state index is 0.0137. The molecular formula is C8H11N3O3. The zero-order chi connectivity index (χ0) is 10.6. The molecular weight excluding hydrogens is 186 g/mol. The predicted molar refractivity (Wildman–Crippen MR) is 49.0 cm³/mol. The van der Waals surface area contributed by atoms with Crippen molar-refractivity contribution in [3.8, 4) is 5.75 Å². The van der Waals surface area contributed by atoms with Gasteiger partial charge in [-0.2, -0.15) is 0 Å². The van der Waals surface area contributed by atoms with E-state index in [1.54, 1.807) is 7.05 Å². The monoisotopic (exact) mass is 197 g/mol. The summed E-state index contributed by atoms with van der Waals surface area (Å²) in [6.45, 7) is 0.0707. The van der Waals surface area contributed by atoms with Gasteiger partial charge >= 0.3 is 5.97 Å². The maximum absolute atomic E-state index is 10.9. The molecule has 0 radical (unpaired) electrons. The topological polar surface area (TPSA) is 75.5 Å². The van der Waals surface area contributed by atoms with Crippen LogP contribution in [0.5, 0.6) is 5.75 Å². The Morgan fingerprint density at radius 1 is 1.57 bits per heavy atom. The quantitative estimate of drug-likeness (QED) is 0.676. The van der Waals surface area contributed by atoms with E-state index in [1.807, 2.05) is 0 Å². The van der Waals surface area contributed by atoms with Crippen molar-refractivity contribution >= 4 is 11.9 Å². The Morgan fingerprint density at radius 2 is 2.14 bits per heavy atom. The lowest BCUT2D eigenvalue weighted by Crippen LogP contribution is -2.27. The van der Waals surface area contributed by atoms with Crippen molar-refractivity contribution < 1.29 is 14.6 Å². The first-order chi connectivity index (χ1) is 6.63. The van der Waals surface area contributed by atoms with Crippen molar-refractivity contribution in [3.63, 3.8) is 0 Å². The molecule has 0 aliphatic carbocycles. The highest BCUT2D eigenvalue weighted by molar-refractivity contribution is 5.74. The molecule has 1 rings (SSSR count). The molecule has 1 aromatic heterocycles. The number of methoxy groups -OCH3 is 1. The average molecular weight is 197 g/mol. The summed E-state index contributed by atoms with van der Waals surface area (Å²) < 4.78 is 4.48. The normalized spacial score (nSPS) is 9.57. The number of carbonyl (C=O) groups excluding carboxylic acids is 1. The van der Waals surface area contributed by atoms with Crippen LogP contribution in [0.15, 0.2) is 12.4 Å². The Bertz CT molecular complexity index is 312. The number of aromatic nitrogens is 2. The van der Waals surface area contributed by atoms with E-state index >= 15 is 0 Å². The van der Waals surface area contributed by atoms with Gasteiger partial charge in [0.25, 0.3) is 0 Å². The van der Waals surface area contributed by atoms with E-state index in [9.17, 15) is 4.79 Å². The Morgan fingerprint density at radius 3 is 2.64 bits per heavy atom. The van der Waals surface area contributed by atoms with E-state index in [4.69, 9.17) is 5.11 Å². The van der Waals surface area contributed by atoms with E-state index < -0.39 is 0 Å². The van der Waals surface area contributed by atoms with Gasteiger partial charge in [-0.3, -0.25) is 4.79 Å². The number of anilines is 1. The molecule has 0 saturated carbocycles. The van der Waals surface area contributed by atoms with Crippen LogP contribution in [-0.2, 0) is 9.53 Å². The number of nitrogens with zero attached hydrogens (tertiary/aromatic N) is 3. The number of aromatic hydroxyl groups is 1.